The zero-order chi connectivity index (χ0) is 25.9. The van der Waals surface area contributed by atoms with Gasteiger partial charge in [0.25, 0.3) is 0 Å². The third-order valence-corrected chi connectivity index (χ3v) is 7.63. The van der Waals surface area contributed by atoms with Gasteiger partial charge in [0.2, 0.25) is 0 Å². The molecule has 1 aliphatic carbocycles. The molecule has 0 atom stereocenters. The van der Waals surface area contributed by atoms with Crippen molar-refractivity contribution in [1.29, 1.82) is 0 Å². The van der Waals surface area contributed by atoms with Gasteiger partial charge in [-0.2, -0.15) is 55.3 Å². The molecule has 0 aromatic heterocycles. The molecule has 4 aromatic carbocycles. The predicted molar refractivity (Wildman–Crippen MR) is 154 cm³/mol. The maximum absolute atomic E-state index is 3.86. The standard InChI is InChI=1S/C34H28N4.Pt/c1-25-19-27(22-29(20-25)38-18-16-36(3)24-38)34(26-9-8-10-28(21-26)37-17-15-35(2)23-37)32-13-6-4-11-30(32)31-12-5-7-14-33(31)34;/h4-20,23-24H,1-3H3;/q-4;+4. The molecule has 0 saturated carbocycles. The molecule has 0 radical (unpaired) electrons. The summed E-state index contributed by atoms with van der Waals surface area (Å²) in [5.74, 6) is 0. The van der Waals surface area contributed by atoms with E-state index in [1.807, 2.05) is 25.2 Å². The average Bonchev–Trinajstić information content (AvgIpc) is 3.65. The largest absolute Gasteiger partial charge is 4.00 e. The van der Waals surface area contributed by atoms with Crippen LogP contribution in [0.25, 0.3) is 11.1 Å². The van der Waals surface area contributed by atoms with Crippen molar-refractivity contribution in [3.8, 4) is 11.1 Å². The Bertz CT molecular complexity index is 1560. The molecule has 0 unspecified atom stereocenters. The molecule has 3 aliphatic rings. The van der Waals surface area contributed by atoms with Crippen molar-refractivity contribution < 1.29 is 21.1 Å². The summed E-state index contributed by atoms with van der Waals surface area (Å²) in [7, 11) is 4.08. The van der Waals surface area contributed by atoms with Crippen LogP contribution < -0.4 is 9.80 Å². The smallest absolute Gasteiger partial charge is 0.510 e. The van der Waals surface area contributed by atoms with Gasteiger partial charge >= 0.3 is 21.1 Å². The van der Waals surface area contributed by atoms with Gasteiger partial charge in [0.15, 0.2) is 0 Å². The fraction of sp³-hybridized carbons (Fsp3) is 0.118. The maximum atomic E-state index is 3.86. The van der Waals surface area contributed by atoms with Crippen molar-refractivity contribution in [3.05, 3.63) is 157 Å². The SMILES string of the molecule is Cc1cc(N2C=CN(C)[CH-]2)[c-]c(C2(c3[c-]c(N4C=CN(C)[CH-]4)ccc3)c3ccccc3-c3ccccc32)c1.[Pt+4]. The van der Waals surface area contributed by atoms with Crippen LogP contribution in [0.5, 0.6) is 0 Å². The van der Waals surface area contributed by atoms with E-state index in [2.05, 4.69) is 145 Å². The van der Waals surface area contributed by atoms with Gasteiger partial charge in [0.1, 0.15) is 0 Å². The Balaban J connectivity index is 0.00000277. The molecule has 4 nitrogen and oxygen atoms in total. The molecule has 0 amide bonds. The number of aryl methyl sites for hydroxylation is 1. The predicted octanol–water partition coefficient (Wildman–Crippen LogP) is 6.64. The third kappa shape index (κ3) is 4.01. The van der Waals surface area contributed by atoms with Crippen LogP contribution in [0.15, 0.2) is 104 Å². The van der Waals surface area contributed by atoms with Crippen molar-refractivity contribution >= 4 is 11.4 Å². The third-order valence-electron chi connectivity index (χ3n) is 7.63. The number of hydrogen-bond donors (Lipinski definition) is 0. The molecule has 0 spiro atoms. The number of hydrogen-bond acceptors (Lipinski definition) is 4. The summed E-state index contributed by atoms with van der Waals surface area (Å²) < 4.78 is 0. The van der Waals surface area contributed by atoms with Crippen molar-refractivity contribution in [2.24, 2.45) is 0 Å². The molecule has 0 fully saturated rings. The van der Waals surface area contributed by atoms with E-state index in [9.17, 15) is 0 Å². The first-order valence-corrected chi connectivity index (χ1v) is 12.9. The number of anilines is 2. The van der Waals surface area contributed by atoms with E-state index < -0.39 is 5.41 Å². The minimum Gasteiger partial charge on any atom is -0.510 e. The molecule has 0 N–H and O–H groups in total. The summed E-state index contributed by atoms with van der Waals surface area (Å²) >= 11 is 0. The minimum atomic E-state index is -0.561. The van der Waals surface area contributed by atoms with Crippen molar-refractivity contribution in [2.45, 2.75) is 12.3 Å². The summed E-state index contributed by atoms with van der Waals surface area (Å²) in [4.78, 5) is 8.36. The summed E-state index contributed by atoms with van der Waals surface area (Å²) in [6.45, 7) is 6.32. The fourth-order valence-corrected chi connectivity index (χ4v) is 6.01. The van der Waals surface area contributed by atoms with E-state index in [1.54, 1.807) is 0 Å². The molecule has 194 valence electrons. The van der Waals surface area contributed by atoms with E-state index in [1.165, 1.54) is 27.8 Å². The molecular weight excluding hydrogens is 659 g/mol. The van der Waals surface area contributed by atoms with Crippen LogP contribution in [0.3, 0.4) is 0 Å². The molecule has 4 aromatic rings. The topological polar surface area (TPSA) is 13.0 Å². The number of rotatable bonds is 4. The van der Waals surface area contributed by atoms with Crippen molar-refractivity contribution in [1.82, 2.24) is 9.80 Å². The quantitative estimate of drug-likeness (QED) is 0.197. The van der Waals surface area contributed by atoms with E-state index in [0.717, 1.165) is 22.5 Å². The first-order chi connectivity index (χ1) is 18.5. The van der Waals surface area contributed by atoms with Crippen LogP contribution in [0.4, 0.5) is 11.4 Å². The van der Waals surface area contributed by atoms with Gasteiger partial charge in [-0.3, -0.25) is 0 Å². The van der Waals surface area contributed by atoms with Crippen LogP contribution in [-0.4, -0.2) is 23.9 Å². The van der Waals surface area contributed by atoms with Gasteiger partial charge < -0.3 is 19.6 Å². The Hall–Kier alpha value is -3.75. The average molecular weight is 688 g/mol. The normalized spacial score (nSPS) is 16.5. The van der Waals surface area contributed by atoms with Crippen LogP contribution in [0, 0.1) is 32.4 Å². The molecule has 2 heterocycles. The van der Waals surface area contributed by atoms with Gasteiger partial charge in [0, 0.05) is 5.41 Å². The number of fused-ring (bicyclic) bond motifs is 3. The second-order valence-corrected chi connectivity index (χ2v) is 10.2. The molecule has 0 saturated heterocycles. The van der Waals surface area contributed by atoms with Crippen LogP contribution in [-0.2, 0) is 26.5 Å². The molecule has 2 aliphatic heterocycles. The first kappa shape index (κ1) is 25.5. The second kappa shape index (κ2) is 9.77. The zero-order valence-corrected chi connectivity index (χ0v) is 24.3. The van der Waals surface area contributed by atoms with Crippen LogP contribution in [0.1, 0.15) is 27.8 Å². The number of benzene rings is 4. The van der Waals surface area contributed by atoms with E-state index in [-0.39, 0.29) is 21.1 Å². The fourth-order valence-electron chi connectivity index (χ4n) is 6.01. The summed E-state index contributed by atoms with van der Waals surface area (Å²) in [5, 5.41) is 0. The molecule has 39 heavy (non-hydrogen) atoms. The Morgan fingerprint density at radius 2 is 1.18 bits per heavy atom. The minimum absolute atomic E-state index is 0. The Morgan fingerprint density at radius 3 is 1.77 bits per heavy atom. The van der Waals surface area contributed by atoms with Crippen molar-refractivity contribution in [3.63, 3.8) is 0 Å². The Kier molecular flexibility index (Phi) is 6.39. The molecular formula is C34H28N4Pt. The second-order valence-electron chi connectivity index (χ2n) is 10.2. The summed E-state index contributed by atoms with van der Waals surface area (Å²) in [6.07, 6.45) is 8.26. The van der Waals surface area contributed by atoms with E-state index in [4.69, 9.17) is 0 Å². The van der Waals surface area contributed by atoms with E-state index in [0.29, 0.717) is 0 Å². The van der Waals surface area contributed by atoms with E-state index >= 15 is 0 Å². The maximum Gasteiger partial charge on any atom is 4.00 e. The zero-order valence-electron chi connectivity index (χ0n) is 22.1. The van der Waals surface area contributed by atoms with Gasteiger partial charge in [-0.15, -0.1) is 28.6 Å². The van der Waals surface area contributed by atoms with Gasteiger partial charge in [-0.25, -0.2) is 0 Å². The van der Waals surface area contributed by atoms with Crippen LogP contribution in [0.2, 0.25) is 0 Å². The van der Waals surface area contributed by atoms with Gasteiger partial charge in [-0.1, -0.05) is 55.5 Å². The monoisotopic (exact) mass is 687 g/mol. The molecule has 7 rings (SSSR count). The number of nitrogens with zero attached hydrogens (tertiary/aromatic N) is 4. The molecule has 0 bridgehead atoms. The van der Waals surface area contributed by atoms with Gasteiger partial charge in [0.05, 0.1) is 0 Å². The molecule has 5 heteroatoms. The summed E-state index contributed by atoms with van der Waals surface area (Å²) in [5.41, 5.74) is 9.94. The van der Waals surface area contributed by atoms with Crippen molar-refractivity contribution in [2.75, 3.05) is 23.9 Å². The Morgan fingerprint density at radius 1 is 0.615 bits per heavy atom. The van der Waals surface area contributed by atoms with Crippen LogP contribution >= 0.6 is 0 Å². The van der Waals surface area contributed by atoms with Gasteiger partial charge in [-0.05, 0) is 61.1 Å². The Labute approximate surface area is 245 Å². The summed E-state index contributed by atoms with van der Waals surface area (Å²) in [6, 6.07) is 36.3. The first-order valence-electron chi connectivity index (χ1n) is 12.9.